The minimum absolute atomic E-state index is 0.0211. The zero-order valence-corrected chi connectivity index (χ0v) is 10.0. The molecule has 3 nitrogen and oxygen atoms in total. The molecule has 0 aliphatic heterocycles. The fourth-order valence-electron chi connectivity index (χ4n) is 1.46. The molecule has 0 saturated carbocycles. The van der Waals surface area contributed by atoms with Crippen LogP contribution in [-0.2, 0) is 5.41 Å². The summed E-state index contributed by atoms with van der Waals surface area (Å²) in [5.74, 6) is 0. The zero-order chi connectivity index (χ0) is 10.3. The third kappa shape index (κ3) is 1.43. The van der Waals surface area contributed by atoms with Gasteiger partial charge in [-0.25, -0.2) is 0 Å². The van der Waals surface area contributed by atoms with E-state index in [2.05, 4.69) is 53.0 Å². The van der Waals surface area contributed by atoms with Gasteiger partial charge in [-0.15, -0.1) is 5.10 Å². The molecule has 0 aliphatic carbocycles. The maximum Gasteiger partial charge on any atom is 0.203 e. The second-order valence-corrected chi connectivity index (χ2v) is 5.04. The standard InChI is InChI=1S/C10H12BrN3/c1-10(2,3)8-7-5-4-6-14(7)9(11)13-12-8/h4-6H,1-3H3. The van der Waals surface area contributed by atoms with E-state index in [0.717, 1.165) is 15.9 Å². The summed E-state index contributed by atoms with van der Waals surface area (Å²) in [4.78, 5) is 0. The summed E-state index contributed by atoms with van der Waals surface area (Å²) in [6.07, 6.45) is 1.98. The average Bonchev–Trinajstić information content (AvgIpc) is 2.50. The lowest BCUT2D eigenvalue weighted by Crippen LogP contribution is -2.16. The molecule has 0 N–H and O–H groups in total. The minimum atomic E-state index is 0.0211. The van der Waals surface area contributed by atoms with E-state index < -0.39 is 0 Å². The summed E-state index contributed by atoms with van der Waals surface area (Å²) in [7, 11) is 0. The SMILES string of the molecule is CC(C)(C)c1nnc(Br)n2cccc12. The van der Waals surface area contributed by atoms with Crippen LogP contribution in [0.25, 0.3) is 5.52 Å². The molecule has 14 heavy (non-hydrogen) atoms. The maximum absolute atomic E-state index is 4.23. The van der Waals surface area contributed by atoms with E-state index in [1.165, 1.54) is 0 Å². The van der Waals surface area contributed by atoms with Crippen LogP contribution in [0.2, 0.25) is 0 Å². The van der Waals surface area contributed by atoms with E-state index in [-0.39, 0.29) is 5.41 Å². The van der Waals surface area contributed by atoms with Crippen molar-refractivity contribution in [3.63, 3.8) is 0 Å². The molecule has 0 radical (unpaired) electrons. The number of hydrogen-bond donors (Lipinski definition) is 0. The molecule has 2 rings (SSSR count). The molecule has 0 saturated heterocycles. The van der Waals surface area contributed by atoms with Crippen molar-refractivity contribution >= 4 is 21.4 Å². The smallest absolute Gasteiger partial charge is 0.203 e. The number of fused-ring (bicyclic) bond motifs is 1. The Bertz CT molecular complexity index is 468. The summed E-state index contributed by atoms with van der Waals surface area (Å²) in [6, 6.07) is 4.05. The number of rotatable bonds is 0. The van der Waals surface area contributed by atoms with Gasteiger partial charge in [-0.1, -0.05) is 20.8 Å². The number of hydrogen-bond acceptors (Lipinski definition) is 2. The lowest BCUT2D eigenvalue weighted by molar-refractivity contribution is 0.558. The van der Waals surface area contributed by atoms with Crippen molar-refractivity contribution in [3.05, 3.63) is 28.8 Å². The monoisotopic (exact) mass is 253 g/mol. The molecule has 0 fully saturated rings. The van der Waals surface area contributed by atoms with Crippen molar-refractivity contribution in [2.24, 2.45) is 0 Å². The van der Waals surface area contributed by atoms with Crippen molar-refractivity contribution in [2.45, 2.75) is 26.2 Å². The highest BCUT2D eigenvalue weighted by Crippen LogP contribution is 2.25. The summed E-state index contributed by atoms with van der Waals surface area (Å²) in [6.45, 7) is 6.41. The molecule has 0 aromatic carbocycles. The van der Waals surface area contributed by atoms with Crippen LogP contribution < -0.4 is 0 Å². The third-order valence-corrected chi connectivity index (χ3v) is 2.67. The molecular formula is C10H12BrN3. The van der Waals surface area contributed by atoms with Gasteiger partial charge in [0.15, 0.2) is 0 Å². The van der Waals surface area contributed by atoms with E-state index in [0.29, 0.717) is 0 Å². The normalized spacial score (nSPS) is 12.3. The predicted octanol–water partition coefficient (Wildman–Crippen LogP) is 2.79. The first-order valence-electron chi connectivity index (χ1n) is 4.50. The van der Waals surface area contributed by atoms with Crippen LogP contribution in [0.4, 0.5) is 0 Å². The number of nitrogens with zero attached hydrogens (tertiary/aromatic N) is 3. The summed E-state index contributed by atoms with van der Waals surface area (Å²) in [5, 5.41) is 8.31. The van der Waals surface area contributed by atoms with Crippen molar-refractivity contribution in [3.8, 4) is 0 Å². The summed E-state index contributed by atoms with van der Waals surface area (Å²) < 4.78 is 2.73. The molecule has 74 valence electrons. The Morgan fingerprint density at radius 2 is 2.00 bits per heavy atom. The van der Waals surface area contributed by atoms with Crippen LogP contribution in [0, 0.1) is 0 Å². The van der Waals surface area contributed by atoms with Gasteiger partial charge in [0.25, 0.3) is 0 Å². The molecule has 2 aromatic rings. The van der Waals surface area contributed by atoms with Crippen LogP contribution in [0.3, 0.4) is 0 Å². The Balaban J connectivity index is 2.80. The Morgan fingerprint density at radius 3 is 2.64 bits per heavy atom. The van der Waals surface area contributed by atoms with E-state index in [1.807, 2.05) is 16.7 Å². The fraction of sp³-hybridized carbons (Fsp3) is 0.400. The van der Waals surface area contributed by atoms with Gasteiger partial charge in [-0.2, -0.15) is 5.10 Å². The summed E-state index contributed by atoms with van der Waals surface area (Å²) >= 11 is 3.37. The topological polar surface area (TPSA) is 30.2 Å². The highest BCUT2D eigenvalue weighted by molar-refractivity contribution is 9.10. The van der Waals surface area contributed by atoms with E-state index in [9.17, 15) is 0 Å². The van der Waals surface area contributed by atoms with Gasteiger partial charge in [-0.3, -0.25) is 4.40 Å². The van der Waals surface area contributed by atoms with Gasteiger partial charge in [-0.05, 0) is 28.1 Å². The van der Waals surface area contributed by atoms with E-state index in [1.54, 1.807) is 0 Å². The molecule has 2 aromatic heterocycles. The molecular weight excluding hydrogens is 242 g/mol. The van der Waals surface area contributed by atoms with Crippen molar-refractivity contribution in [1.29, 1.82) is 0 Å². The molecule has 0 bridgehead atoms. The third-order valence-electron chi connectivity index (χ3n) is 2.13. The van der Waals surface area contributed by atoms with Gasteiger partial charge < -0.3 is 0 Å². The van der Waals surface area contributed by atoms with Crippen LogP contribution in [0.15, 0.2) is 23.1 Å². The highest BCUT2D eigenvalue weighted by atomic mass is 79.9. The number of halogens is 1. The molecule has 0 unspecified atom stereocenters. The Hall–Kier alpha value is -0.900. The van der Waals surface area contributed by atoms with Crippen molar-refractivity contribution in [1.82, 2.24) is 14.6 Å². The van der Waals surface area contributed by atoms with Crippen LogP contribution in [0.5, 0.6) is 0 Å². The van der Waals surface area contributed by atoms with Gasteiger partial charge in [0.05, 0.1) is 11.2 Å². The molecule has 0 atom stereocenters. The second kappa shape index (κ2) is 3.05. The second-order valence-electron chi connectivity index (χ2n) is 4.33. The summed E-state index contributed by atoms with van der Waals surface area (Å²) in [5.41, 5.74) is 2.15. The first kappa shape index (κ1) is 9.65. The largest absolute Gasteiger partial charge is 0.293 e. The Labute approximate surface area is 91.3 Å². The Morgan fingerprint density at radius 1 is 1.29 bits per heavy atom. The predicted molar refractivity (Wildman–Crippen MR) is 59.4 cm³/mol. The molecule has 2 heterocycles. The van der Waals surface area contributed by atoms with Gasteiger partial charge in [0.2, 0.25) is 4.73 Å². The molecule has 4 heteroatoms. The van der Waals surface area contributed by atoms with Gasteiger partial charge >= 0.3 is 0 Å². The molecule has 0 spiro atoms. The van der Waals surface area contributed by atoms with Crippen LogP contribution in [-0.4, -0.2) is 14.6 Å². The minimum Gasteiger partial charge on any atom is -0.293 e. The average molecular weight is 254 g/mol. The zero-order valence-electron chi connectivity index (χ0n) is 8.45. The van der Waals surface area contributed by atoms with E-state index in [4.69, 9.17) is 0 Å². The quantitative estimate of drug-likeness (QED) is 0.723. The first-order valence-corrected chi connectivity index (χ1v) is 5.29. The Kier molecular flexibility index (Phi) is 2.10. The fourth-order valence-corrected chi connectivity index (χ4v) is 1.85. The lowest BCUT2D eigenvalue weighted by Gasteiger charge is -2.18. The first-order chi connectivity index (χ1) is 6.50. The van der Waals surface area contributed by atoms with Crippen LogP contribution in [0.1, 0.15) is 26.5 Å². The molecule has 0 aliphatic rings. The highest BCUT2D eigenvalue weighted by Gasteiger charge is 2.20. The maximum atomic E-state index is 4.23. The van der Waals surface area contributed by atoms with Crippen LogP contribution >= 0.6 is 15.9 Å². The van der Waals surface area contributed by atoms with Crippen molar-refractivity contribution in [2.75, 3.05) is 0 Å². The van der Waals surface area contributed by atoms with Gasteiger partial charge in [0, 0.05) is 11.6 Å². The van der Waals surface area contributed by atoms with E-state index >= 15 is 0 Å². The molecule has 0 amide bonds. The van der Waals surface area contributed by atoms with Gasteiger partial charge in [0.1, 0.15) is 0 Å². The number of aromatic nitrogens is 3. The van der Waals surface area contributed by atoms with Crippen molar-refractivity contribution < 1.29 is 0 Å². The lowest BCUT2D eigenvalue weighted by atomic mass is 9.91.